The van der Waals surface area contributed by atoms with Crippen LogP contribution in [0.1, 0.15) is 33.3 Å². The smallest absolute Gasteiger partial charge is 0.341 e. The maximum Gasteiger partial charge on any atom is 0.341 e. The lowest BCUT2D eigenvalue weighted by Gasteiger charge is -2.08. The highest BCUT2D eigenvalue weighted by molar-refractivity contribution is 7.16. The van der Waals surface area contributed by atoms with E-state index in [4.69, 9.17) is 21.1 Å². The molecule has 0 saturated heterocycles. The molecular formula is C20H19ClN2O5S. The molecule has 0 unspecified atom stereocenters. The standard InChI is InChI=1S/C20H19ClN2O5S/c1-5-28-20(26)16-10(2)11(3)29-19(16)23-18(25)13(9-22)6-12-7-14(21)17(24)15(8-12)27-4/h6-8,24H,5H2,1-4H3,(H,23,25). The van der Waals surface area contributed by atoms with E-state index in [1.165, 1.54) is 36.7 Å². The Bertz CT molecular complexity index is 1040. The van der Waals surface area contributed by atoms with Crippen LogP contribution in [0.15, 0.2) is 17.7 Å². The molecule has 1 heterocycles. The number of aromatic hydroxyl groups is 1. The van der Waals surface area contributed by atoms with Gasteiger partial charge in [-0.1, -0.05) is 11.6 Å². The number of methoxy groups -OCH3 is 1. The molecule has 152 valence electrons. The lowest BCUT2D eigenvalue weighted by atomic mass is 10.1. The molecule has 0 aliphatic carbocycles. The highest BCUT2D eigenvalue weighted by atomic mass is 35.5. The van der Waals surface area contributed by atoms with Gasteiger partial charge in [0.25, 0.3) is 5.91 Å². The summed E-state index contributed by atoms with van der Waals surface area (Å²) in [6.45, 7) is 5.48. The number of carbonyl (C=O) groups is 2. The largest absolute Gasteiger partial charge is 0.503 e. The fourth-order valence-corrected chi connectivity index (χ4v) is 3.75. The van der Waals surface area contributed by atoms with E-state index in [0.29, 0.717) is 16.1 Å². The second kappa shape index (κ2) is 9.45. The van der Waals surface area contributed by atoms with Gasteiger partial charge in [0.1, 0.15) is 16.6 Å². The Labute approximate surface area is 177 Å². The first kappa shape index (κ1) is 22.3. The summed E-state index contributed by atoms with van der Waals surface area (Å²) in [7, 11) is 1.36. The number of aryl methyl sites for hydroxylation is 1. The van der Waals surface area contributed by atoms with Gasteiger partial charge in [0, 0.05) is 4.88 Å². The van der Waals surface area contributed by atoms with Gasteiger partial charge in [0.05, 0.1) is 24.3 Å². The summed E-state index contributed by atoms with van der Waals surface area (Å²) in [5.41, 5.74) is 1.16. The molecule has 0 atom stereocenters. The number of phenolic OH excluding ortho intramolecular Hbond substituents is 1. The van der Waals surface area contributed by atoms with E-state index in [-0.39, 0.29) is 34.3 Å². The predicted molar refractivity (Wildman–Crippen MR) is 112 cm³/mol. The maximum absolute atomic E-state index is 12.6. The summed E-state index contributed by atoms with van der Waals surface area (Å²) in [6, 6.07) is 4.66. The summed E-state index contributed by atoms with van der Waals surface area (Å²) in [5, 5.41) is 22.2. The number of hydrogen-bond donors (Lipinski definition) is 2. The molecule has 0 fully saturated rings. The van der Waals surface area contributed by atoms with Crippen molar-refractivity contribution in [1.29, 1.82) is 5.26 Å². The summed E-state index contributed by atoms with van der Waals surface area (Å²) in [5.74, 6) is -1.36. The minimum atomic E-state index is -0.692. The fraction of sp³-hybridized carbons (Fsp3) is 0.250. The van der Waals surface area contributed by atoms with Crippen LogP contribution in [0.3, 0.4) is 0 Å². The first-order chi connectivity index (χ1) is 13.7. The quantitative estimate of drug-likeness (QED) is 0.395. The number of nitrogens with zero attached hydrogens (tertiary/aromatic N) is 1. The van der Waals surface area contributed by atoms with Crippen LogP contribution in [-0.2, 0) is 9.53 Å². The number of nitrogens with one attached hydrogen (secondary N) is 1. The Balaban J connectivity index is 2.38. The van der Waals surface area contributed by atoms with Crippen LogP contribution in [-0.4, -0.2) is 30.7 Å². The molecule has 0 aliphatic heterocycles. The summed E-state index contributed by atoms with van der Waals surface area (Å²) in [6.07, 6.45) is 1.31. The first-order valence-corrected chi connectivity index (χ1v) is 9.69. The first-order valence-electron chi connectivity index (χ1n) is 8.50. The van der Waals surface area contributed by atoms with Gasteiger partial charge >= 0.3 is 5.97 Å². The van der Waals surface area contributed by atoms with E-state index in [1.807, 2.05) is 13.0 Å². The highest BCUT2D eigenvalue weighted by Crippen LogP contribution is 2.36. The van der Waals surface area contributed by atoms with Crippen LogP contribution in [0, 0.1) is 25.2 Å². The normalized spacial score (nSPS) is 11.0. The van der Waals surface area contributed by atoms with E-state index < -0.39 is 11.9 Å². The third kappa shape index (κ3) is 4.88. The number of hydrogen-bond acceptors (Lipinski definition) is 7. The van der Waals surface area contributed by atoms with E-state index in [0.717, 1.165) is 4.88 Å². The van der Waals surface area contributed by atoms with Crippen LogP contribution in [0.5, 0.6) is 11.5 Å². The van der Waals surface area contributed by atoms with Crippen molar-refractivity contribution in [3.63, 3.8) is 0 Å². The predicted octanol–water partition coefficient (Wildman–Crippen LogP) is 4.45. The zero-order valence-corrected chi connectivity index (χ0v) is 17.8. The fourth-order valence-electron chi connectivity index (χ4n) is 2.48. The third-order valence-corrected chi connectivity index (χ3v) is 5.45. The number of rotatable bonds is 6. The molecule has 29 heavy (non-hydrogen) atoms. The lowest BCUT2D eigenvalue weighted by molar-refractivity contribution is -0.112. The van der Waals surface area contributed by atoms with Crippen molar-refractivity contribution < 1.29 is 24.2 Å². The van der Waals surface area contributed by atoms with Crippen molar-refractivity contribution in [2.45, 2.75) is 20.8 Å². The summed E-state index contributed by atoms with van der Waals surface area (Å²) >= 11 is 7.17. The lowest BCUT2D eigenvalue weighted by Crippen LogP contribution is -2.16. The monoisotopic (exact) mass is 434 g/mol. The number of carbonyl (C=O) groups excluding carboxylic acids is 2. The SMILES string of the molecule is CCOC(=O)c1c(NC(=O)C(C#N)=Cc2cc(Cl)c(O)c(OC)c2)sc(C)c1C. The zero-order chi connectivity index (χ0) is 21.7. The van der Waals surface area contributed by atoms with Crippen molar-refractivity contribution >= 4 is 45.9 Å². The third-order valence-electron chi connectivity index (χ3n) is 4.04. The summed E-state index contributed by atoms with van der Waals surface area (Å²) in [4.78, 5) is 25.7. The second-order valence-electron chi connectivity index (χ2n) is 5.89. The Hall–Kier alpha value is -3.02. The van der Waals surface area contributed by atoms with Gasteiger partial charge in [-0.25, -0.2) is 4.79 Å². The van der Waals surface area contributed by atoms with Crippen LogP contribution >= 0.6 is 22.9 Å². The van der Waals surface area contributed by atoms with Crippen molar-refractivity contribution in [3.05, 3.63) is 44.3 Å². The molecule has 0 radical (unpaired) electrons. The zero-order valence-electron chi connectivity index (χ0n) is 16.3. The van der Waals surface area contributed by atoms with E-state index in [1.54, 1.807) is 13.8 Å². The Morgan fingerprint density at radius 3 is 2.66 bits per heavy atom. The van der Waals surface area contributed by atoms with Crippen molar-refractivity contribution in [2.24, 2.45) is 0 Å². The molecule has 1 aromatic heterocycles. The van der Waals surface area contributed by atoms with Gasteiger partial charge in [-0.3, -0.25) is 4.79 Å². The number of benzene rings is 1. The molecule has 0 saturated carbocycles. The molecule has 2 rings (SSSR count). The van der Waals surface area contributed by atoms with Crippen LogP contribution in [0.4, 0.5) is 5.00 Å². The van der Waals surface area contributed by atoms with Crippen molar-refractivity contribution in [3.8, 4) is 17.6 Å². The number of amides is 1. The van der Waals surface area contributed by atoms with Crippen LogP contribution < -0.4 is 10.1 Å². The molecule has 7 nitrogen and oxygen atoms in total. The van der Waals surface area contributed by atoms with Gasteiger partial charge in [-0.15, -0.1) is 11.3 Å². The number of halogens is 1. The molecule has 1 amide bonds. The number of nitriles is 1. The average Bonchev–Trinajstić information content (AvgIpc) is 2.95. The van der Waals surface area contributed by atoms with E-state index >= 15 is 0 Å². The minimum Gasteiger partial charge on any atom is -0.503 e. The van der Waals surface area contributed by atoms with Gasteiger partial charge in [0.2, 0.25) is 0 Å². The molecule has 0 aliphatic rings. The van der Waals surface area contributed by atoms with E-state index in [9.17, 15) is 20.0 Å². The van der Waals surface area contributed by atoms with Gasteiger partial charge < -0.3 is 19.9 Å². The Kier molecular flexibility index (Phi) is 7.26. The van der Waals surface area contributed by atoms with E-state index in [2.05, 4.69) is 5.32 Å². The number of thiophene rings is 1. The number of anilines is 1. The number of phenols is 1. The number of ether oxygens (including phenoxy) is 2. The molecule has 0 bridgehead atoms. The Morgan fingerprint density at radius 2 is 2.07 bits per heavy atom. The van der Waals surface area contributed by atoms with Gasteiger partial charge in [-0.05, 0) is 50.1 Å². The highest BCUT2D eigenvalue weighted by Gasteiger charge is 2.23. The number of esters is 1. The van der Waals surface area contributed by atoms with Gasteiger partial charge in [0.15, 0.2) is 11.5 Å². The summed E-state index contributed by atoms with van der Waals surface area (Å²) < 4.78 is 10.1. The van der Waals surface area contributed by atoms with Crippen molar-refractivity contribution in [1.82, 2.24) is 0 Å². The maximum atomic E-state index is 12.6. The average molecular weight is 435 g/mol. The minimum absolute atomic E-state index is 0.0161. The van der Waals surface area contributed by atoms with Crippen LogP contribution in [0.2, 0.25) is 5.02 Å². The topological polar surface area (TPSA) is 109 Å². The van der Waals surface area contributed by atoms with Gasteiger partial charge in [-0.2, -0.15) is 5.26 Å². The molecule has 2 N–H and O–H groups in total. The molecule has 2 aromatic rings. The second-order valence-corrected chi connectivity index (χ2v) is 7.52. The Morgan fingerprint density at radius 1 is 1.38 bits per heavy atom. The molecular weight excluding hydrogens is 416 g/mol. The van der Waals surface area contributed by atoms with Crippen LogP contribution in [0.25, 0.3) is 6.08 Å². The molecule has 0 spiro atoms. The van der Waals surface area contributed by atoms with Crippen molar-refractivity contribution in [2.75, 3.05) is 19.0 Å². The molecule has 9 heteroatoms. The molecule has 1 aromatic carbocycles.